The van der Waals surface area contributed by atoms with Crippen LogP contribution in [0, 0.1) is 0 Å². The van der Waals surface area contributed by atoms with Gasteiger partial charge in [-0.2, -0.15) is 0 Å². The van der Waals surface area contributed by atoms with Crippen molar-refractivity contribution in [1.82, 2.24) is 4.90 Å². The molecule has 3 rings (SSSR count). The van der Waals surface area contributed by atoms with E-state index in [1.807, 2.05) is 24.3 Å². The molecule has 1 saturated heterocycles. The van der Waals surface area contributed by atoms with E-state index in [2.05, 4.69) is 21.2 Å². The summed E-state index contributed by atoms with van der Waals surface area (Å²) >= 11 is 9.92. The van der Waals surface area contributed by atoms with Gasteiger partial charge in [0.15, 0.2) is 0 Å². The predicted molar refractivity (Wildman–Crippen MR) is 111 cm³/mol. The zero-order chi connectivity index (χ0) is 18.5. The Morgan fingerprint density at radius 2 is 2.12 bits per heavy atom. The number of para-hydroxylation sites is 1. The molecule has 134 valence electrons. The number of nitrogens with one attached hydrogen (secondary N) is 1. The molecule has 0 bridgehead atoms. The van der Waals surface area contributed by atoms with Crippen molar-refractivity contribution in [2.75, 3.05) is 11.9 Å². The van der Waals surface area contributed by atoms with E-state index in [-0.39, 0.29) is 11.8 Å². The first-order chi connectivity index (χ1) is 12.5. The van der Waals surface area contributed by atoms with Gasteiger partial charge in [0.05, 0.1) is 16.9 Å². The third-order valence-corrected chi connectivity index (χ3v) is 5.69. The number of nitrogens with zero attached hydrogens (tertiary/aromatic N) is 1. The van der Waals surface area contributed by atoms with E-state index in [4.69, 9.17) is 16.6 Å². The van der Waals surface area contributed by atoms with Crippen molar-refractivity contribution in [2.24, 2.45) is 0 Å². The van der Waals surface area contributed by atoms with E-state index < -0.39 is 0 Å². The molecule has 1 aliphatic heterocycles. The minimum absolute atomic E-state index is 0.103. The average Bonchev–Trinajstić information content (AvgIpc) is 3.21. The predicted octanol–water partition coefficient (Wildman–Crippen LogP) is 4.66. The number of hydrogen-bond donors (Lipinski definition) is 1. The molecule has 1 aromatic carbocycles. The molecule has 1 N–H and O–H groups in total. The van der Waals surface area contributed by atoms with E-state index in [1.54, 1.807) is 24.5 Å². The summed E-state index contributed by atoms with van der Waals surface area (Å²) in [6.45, 7) is 0.406. The van der Waals surface area contributed by atoms with Gasteiger partial charge in [0.2, 0.25) is 5.91 Å². The summed E-state index contributed by atoms with van der Waals surface area (Å²) in [5, 5.41) is 2.85. The van der Waals surface area contributed by atoms with Crippen molar-refractivity contribution in [3.05, 3.63) is 57.8 Å². The fraction of sp³-hybridized carbons (Fsp3) is 0.167. The SMILES string of the molecule is O=C(CCCN1C(=O)/C(=C\c2ccco2)SC1=S)Nc1ccccc1Br. The first-order valence-corrected chi connectivity index (χ1v) is 9.89. The smallest absolute Gasteiger partial charge is 0.266 e. The lowest BCUT2D eigenvalue weighted by atomic mass is 10.2. The average molecular weight is 451 g/mol. The minimum Gasteiger partial charge on any atom is -0.465 e. The van der Waals surface area contributed by atoms with Crippen LogP contribution in [0.25, 0.3) is 6.08 Å². The van der Waals surface area contributed by atoms with Crippen LogP contribution in [0.15, 0.2) is 56.5 Å². The Kier molecular flexibility index (Phi) is 6.29. The first-order valence-electron chi connectivity index (χ1n) is 7.88. The highest BCUT2D eigenvalue weighted by Crippen LogP contribution is 2.32. The highest BCUT2D eigenvalue weighted by Gasteiger charge is 2.31. The van der Waals surface area contributed by atoms with Gasteiger partial charge in [0, 0.05) is 23.5 Å². The third-order valence-electron chi connectivity index (χ3n) is 3.62. The molecule has 0 radical (unpaired) electrons. The number of thiocarbonyl (C=S) groups is 1. The van der Waals surface area contributed by atoms with Crippen molar-refractivity contribution >= 4 is 67.8 Å². The Morgan fingerprint density at radius 3 is 2.85 bits per heavy atom. The summed E-state index contributed by atoms with van der Waals surface area (Å²) in [5.41, 5.74) is 0.726. The topological polar surface area (TPSA) is 62.6 Å². The molecule has 5 nitrogen and oxygen atoms in total. The van der Waals surface area contributed by atoms with Gasteiger partial charge < -0.3 is 9.73 Å². The van der Waals surface area contributed by atoms with Crippen LogP contribution in [0.4, 0.5) is 5.69 Å². The Bertz CT molecular complexity index is 865. The normalized spacial score (nSPS) is 15.7. The Balaban J connectivity index is 1.52. The Hall–Kier alpha value is -1.90. The lowest BCUT2D eigenvalue weighted by Gasteiger charge is -2.14. The highest BCUT2D eigenvalue weighted by molar-refractivity contribution is 9.10. The van der Waals surface area contributed by atoms with E-state index in [0.717, 1.165) is 10.2 Å². The molecule has 1 aliphatic rings. The summed E-state index contributed by atoms with van der Waals surface area (Å²) in [6.07, 6.45) is 4.06. The highest BCUT2D eigenvalue weighted by atomic mass is 79.9. The summed E-state index contributed by atoms with van der Waals surface area (Å²) in [4.78, 5) is 26.6. The maximum atomic E-state index is 12.5. The van der Waals surface area contributed by atoms with Crippen molar-refractivity contribution in [1.29, 1.82) is 0 Å². The molecule has 0 unspecified atom stereocenters. The number of carbonyl (C=O) groups excluding carboxylic acids is 2. The fourth-order valence-corrected chi connectivity index (χ4v) is 4.04. The standard InChI is InChI=1S/C18H15BrN2O3S2/c19-13-6-1-2-7-14(13)20-16(22)8-3-9-21-17(23)15(26-18(21)25)11-12-5-4-10-24-12/h1-2,4-7,10-11H,3,8-9H2,(H,20,22)/b15-11+. The van der Waals surface area contributed by atoms with Gasteiger partial charge in [-0.25, -0.2) is 0 Å². The van der Waals surface area contributed by atoms with E-state index in [0.29, 0.717) is 34.4 Å². The molecular weight excluding hydrogens is 436 g/mol. The monoisotopic (exact) mass is 450 g/mol. The summed E-state index contributed by atoms with van der Waals surface area (Å²) in [7, 11) is 0. The van der Waals surface area contributed by atoms with E-state index in [1.165, 1.54) is 16.7 Å². The van der Waals surface area contributed by atoms with Gasteiger partial charge >= 0.3 is 0 Å². The zero-order valence-electron chi connectivity index (χ0n) is 13.6. The molecule has 1 aromatic heterocycles. The number of hydrogen-bond acceptors (Lipinski definition) is 5. The zero-order valence-corrected chi connectivity index (χ0v) is 16.8. The number of rotatable bonds is 6. The van der Waals surface area contributed by atoms with Gasteiger partial charge in [0.25, 0.3) is 5.91 Å². The quantitative estimate of drug-likeness (QED) is 0.511. The lowest BCUT2D eigenvalue weighted by molar-refractivity contribution is -0.122. The Labute approximate surface area is 168 Å². The number of carbonyl (C=O) groups is 2. The molecule has 1 fully saturated rings. The minimum atomic E-state index is -0.150. The molecule has 0 spiro atoms. The van der Waals surface area contributed by atoms with Crippen LogP contribution in [0.5, 0.6) is 0 Å². The third kappa shape index (κ3) is 4.63. The van der Waals surface area contributed by atoms with Crippen LogP contribution in [0.2, 0.25) is 0 Å². The number of amides is 2. The van der Waals surface area contributed by atoms with Gasteiger partial charge in [0.1, 0.15) is 10.1 Å². The molecule has 0 saturated carbocycles. The number of benzene rings is 1. The van der Waals surface area contributed by atoms with Crippen LogP contribution in [0.1, 0.15) is 18.6 Å². The largest absolute Gasteiger partial charge is 0.465 e. The Morgan fingerprint density at radius 1 is 1.31 bits per heavy atom. The fourth-order valence-electron chi connectivity index (χ4n) is 2.37. The number of anilines is 1. The van der Waals surface area contributed by atoms with Crippen molar-refractivity contribution in [3.8, 4) is 0 Å². The molecule has 8 heteroatoms. The maximum Gasteiger partial charge on any atom is 0.266 e. The van der Waals surface area contributed by atoms with Crippen LogP contribution >= 0.6 is 39.9 Å². The van der Waals surface area contributed by atoms with E-state index >= 15 is 0 Å². The van der Waals surface area contributed by atoms with Gasteiger partial charge in [-0.15, -0.1) is 0 Å². The molecule has 0 atom stereocenters. The van der Waals surface area contributed by atoms with Gasteiger partial charge in [-0.3, -0.25) is 14.5 Å². The summed E-state index contributed by atoms with van der Waals surface area (Å²) in [5.74, 6) is 0.356. The summed E-state index contributed by atoms with van der Waals surface area (Å²) in [6, 6.07) is 11.0. The van der Waals surface area contributed by atoms with Crippen LogP contribution in [0.3, 0.4) is 0 Å². The molecule has 26 heavy (non-hydrogen) atoms. The van der Waals surface area contributed by atoms with Crippen LogP contribution in [-0.4, -0.2) is 27.6 Å². The van der Waals surface area contributed by atoms with Crippen molar-refractivity contribution in [3.63, 3.8) is 0 Å². The lowest BCUT2D eigenvalue weighted by Crippen LogP contribution is -2.29. The molecule has 2 amide bonds. The van der Waals surface area contributed by atoms with Gasteiger partial charge in [-0.1, -0.05) is 36.1 Å². The molecule has 2 aromatic rings. The first kappa shape index (κ1) is 18.9. The van der Waals surface area contributed by atoms with Crippen molar-refractivity contribution in [2.45, 2.75) is 12.8 Å². The van der Waals surface area contributed by atoms with Gasteiger partial charge in [-0.05, 0) is 46.6 Å². The second-order valence-corrected chi connectivity index (χ2v) is 8.01. The van der Waals surface area contributed by atoms with Crippen molar-refractivity contribution < 1.29 is 14.0 Å². The number of halogens is 1. The maximum absolute atomic E-state index is 12.5. The molecular formula is C18H15BrN2O3S2. The summed E-state index contributed by atoms with van der Waals surface area (Å²) < 4.78 is 6.56. The number of thioether (sulfide) groups is 1. The van der Waals surface area contributed by atoms with E-state index in [9.17, 15) is 9.59 Å². The molecule has 2 heterocycles. The second kappa shape index (κ2) is 8.66. The number of furan rings is 1. The second-order valence-electron chi connectivity index (χ2n) is 5.48. The van der Waals surface area contributed by atoms with Crippen LogP contribution < -0.4 is 5.32 Å². The molecule has 0 aliphatic carbocycles. The van der Waals surface area contributed by atoms with Crippen LogP contribution in [-0.2, 0) is 9.59 Å².